The van der Waals surface area contributed by atoms with Gasteiger partial charge in [0.25, 0.3) is 0 Å². The molecule has 0 aliphatic heterocycles. The normalized spacial score (nSPS) is 11.6. The van der Waals surface area contributed by atoms with Gasteiger partial charge in [-0.05, 0) is 66.2 Å². The molecule has 0 bridgehead atoms. The van der Waals surface area contributed by atoms with Crippen LogP contribution in [0.4, 0.5) is 17.1 Å². The standard InChI is InChI=1S/C42H28N2O/c1-4-14-29(15-5-1)36-27-40-37(33-20-10-12-22-38(33)44(40)31-18-8-3-9-19-31)28-39(36)43(30-16-6-2-7-17-30)32-24-25-35-34-21-11-13-23-41(34)45-42(35)26-32/h1-28H. The number of nitrogens with zero attached hydrogens (tertiary/aromatic N) is 2. The molecular formula is C42H28N2O. The first-order chi connectivity index (χ1) is 22.3. The lowest BCUT2D eigenvalue weighted by molar-refractivity contribution is 0.669. The average Bonchev–Trinajstić information content (AvgIpc) is 3.64. The number of aromatic nitrogens is 1. The summed E-state index contributed by atoms with van der Waals surface area (Å²) in [5.74, 6) is 0. The number of para-hydroxylation sites is 4. The van der Waals surface area contributed by atoms with E-state index in [2.05, 4.69) is 167 Å². The Morgan fingerprint density at radius 3 is 1.87 bits per heavy atom. The minimum Gasteiger partial charge on any atom is -0.456 e. The molecule has 0 aliphatic rings. The maximum atomic E-state index is 6.38. The van der Waals surface area contributed by atoms with E-state index in [1.807, 2.05) is 12.1 Å². The Labute approximate surface area is 260 Å². The molecule has 0 radical (unpaired) electrons. The minimum atomic E-state index is 0.873. The van der Waals surface area contributed by atoms with Gasteiger partial charge >= 0.3 is 0 Å². The van der Waals surface area contributed by atoms with E-state index in [9.17, 15) is 0 Å². The quantitative estimate of drug-likeness (QED) is 0.203. The highest BCUT2D eigenvalue weighted by molar-refractivity contribution is 6.13. The van der Waals surface area contributed by atoms with Crippen LogP contribution in [0.25, 0.3) is 60.6 Å². The second-order valence-corrected chi connectivity index (χ2v) is 11.4. The SMILES string of the molecule is c1ccc(-c2cc3c(cc2N(c2ccccc2)c2ccc4c(c2)oc2ccccc24)c2ccccc2n3-c2ccccc2)cc1. The fourth-order valence-electron chi connectivity index (χ4n) is 6.75. The van der Waals surface area contributed by atoms with Crippen molar-refractivity contribution in [3.63, 3.8) is 0 Å². The minimum absolute atomic E-state index is 0.873. The van der Waals surface area contributed by atoms with E-state index in [-0.39, 0.29) is 0 Å². The van der Waals surface area contributed by atoms with E-state index in [0.717, 1.165) is 55.8 Å². The Morgan fingerprint density at radius 1 is 0.422 bits per heavy atom. The molecule has 0 saturated heterocycles. The van der Waals surface area contributed by atoms with Crippen LogP contribution in [0, 0.1) is 0 Å². The van der Waals surface area contributed by atoms with Crippen molar-refractivity contribution < 1.29 is 4.42 Å². The van der Waals surface area contributed by atoms with Crippen molar-refractivity contribution in [1.29, 1.82) is 0 Å². The maximum absolute atomic E-state index is 6.38. The first-order valence-electron chi connectivity index (χ1n) is 15.3. The Hall–Kier alpha value is -6.06. The van der Waals surface area contributed by atoms with Gasteiger partial charge < -0.3 is 13.9 Å². The smallest absolute Gasteiger partial charge is 0.137 e. The van der Waals surface area contributed by atoms with Gasteiger partial charge in [0.2, 0.25) is 0 Å². The molecular weight excluding hydrogens is 548 g/mol. The molecule has 0 saturated carbocycles. The predicted molar refractivity (Wildman–Crippen MR) is 188 cm³/mol. The molecule has 9 aromatic rings. The third kappa shape index (κ3) is 4.13. The van der Waals surface area contributed by atoms with E-state index in [1.165, 1.54) is 21.8 Å². The van der Waals surface area contributed by atoms with Crippen molar-refractivity contribution >= 4 is 60.8 Å². The average molecular weight is 577 g/mol. The molecule has 0 unspecified atom stereocenters. The molecule has 2 aromatic heterocycles. The summed E-state index contributed by atoms with van der Waals surface area (Å²) >= 11 is 0. The first-order valence-corrected chi connectivity index (χ1v) is 15.3. The van der Waals surface area contributed by atoms with Crippen molar-refractivity contribution in [2.45, 2.75) is 0 Å². The summed E-state index contributed by atoms with van der Waals surface area (Å²) in [7, 11) is 0. The van der Waals surface area contributed by atoms with Gasteiger partial charge in [-0.15, -0.1) is 0 Å². The topological polar surface area (TPSA) is 21.3 Å². The molecule has 3 heteroatoms. The monoisotopic (exact) mass is 576 g/mol. The van der Waals surface area contributed by atoms with Gasteiger partial charge in [-0.1, -0.05) is 103 Å². The Kier molecular flexibility index (Phi) is 5.82. The van der Waals surface area contributed by atoms with E-state index in [1.54, 1.807) is 0 Å². The van der Waals surface area contributed by atoms with Crippen molar-refractivity contribution in [3.8, 4) is 16.8 Å². The molecule has 3 nitrogen and oxygen atoms in total. The second kappa shape index (κ2) is 10.3. The predicted octanol–water partition coefficient (Wildman–Crippen LogP) is 11.8. The van der Waals surface area contributed by atoms with Crippen LogP contribution in [-0.4, -0.2) is 4.57 Å². The van der Waals surface area contributed by atoms with Crippen LogP contribution in [-0.2, 0) is 0 Å². The van der Waals surface area contributed by atoms with Gasteiger partial charge in [-0.3, -0.25) is 0 Å². The Balaban J connectivity index is 1.38. The van der Waals surface area contributed by atoms with Gasteiger partial charge in [0.1, 0.15) is 11.2 Å². The van der Waals surface area contributed by atoms with Crippen LogP contribution >= 0.6 is 0 Å². The van der Waals surface area contributed by atoms with Crippen molar-refractivity contribution in [1.82, 2.24) is 4.57 Å². The third-order valence-corrected chi connectivity index (χ3v) is 8.77. The van der Waals surface area contributed by atoms with Gasteiger partial charge in [0, 0.05) is 50.2 Å². The third-order valence-electron chi connectivity index (χ3n) is 8.77. The molecule has 7 aromatic carbocycles. The summed E-state index contributed by atoms with van der Waals surface area (Å²) in [5.41, 5.74) is 10.8. The summed E-state index contributed by atoms with van der Waals surface area (Å²) < 4.78 is 8.76. The maximum Gasteiger partial charge on any atom is 0.137 e. The van der Waals surface area contributed by atoms with E-state index < -0.39 is 0 Å². The van der Waals surface area contributed by atoms with Crippen LogP contribution in [0.2, 0.25) is 0 Å². The number of rotatable bonds is 5. The van der Waals surface area contributed by atoms with Gasteiger partial charge in [-0.25, -0.2) is 0 Å². The zero-order valence-corrected chi connectivity index (χ0v) is 24.5. The summed E-state index contributed by atoms with van der Waals surface area (Å²) in [5, 5.41) is 4.67. The highest BCUT2D eigenvalue weighted by Gasteiger charge is 2.22. The van der Waals surface area contributed by atoms with Crippen LogP contribution < -0.4 is 4.90 Å². The van der Waals surface area contributed by atoms with E-state index >= 15 is 0 Å². The highest BCUT2D eigenvalue weighted by Crippen LogP contribution is 2.46. The molecule has 2 heterocycles. The molecule has 0 spiro atoms. The first kappa shape index (κ1) is 25.4. The summed E-state index contributed by atoms with van der Waals surface area (Å²) in [4.78, 5) is 2.36. The molecule has 0 fully saturated rings. The number of anilines is 3. The molecule has 9 rings (SSSR count). The van der Waals surface area contributed by atoms with E-state index in [0.29, 0.717) is 0 Å². The summed E-state index contributed by atoms with van der Waals surface area (Å²) in [6, 6.07) is 60.2. The highest BCUT2D eigenvalue weighted by atomic mass is 16.3. The summed E-state index contributed by atoms with van der Waals surface area (Å²) in [6.45, 7) is 0. The lowest BCUT2D eigenvalue weighted by atomic mass is 9.99. The lowest BCUT2D eigenvalue weighted by Gasteiger charge is -2.28. The van der Waals surface area contributed by atoms with Crippen LogP contribution in [0.15, 0.2) is 174 Å². The number of fused-ring (bicyclic) bond motifs is 6. The number of furan rings is 1. The van der Waals surface area contributed by atoms with Crippen LogP contribution in [0.5, 0.6) is 0 Å². The Morgan fingerprint density at radius 2 is 1.07 bits per heavy atom. The summed E-state index contributed by atoms with van der Waals surface area (Å²) in [6.07, 6.45) is 0. The van der Waals surface area contributed by atoms with Gasteiger partial charge in [-0.2, -0.15) is 0 Å². The lowest BCUT2D eigenvalue weighted by Crippen LogP contribution is -2.11. The largest absolute Gasteiger partial charge is 0.456 e. The zero-order chi connectivity index (χ0) is 29.7. The zero-order valence-electron chi connectivity index (χ0n) is 24.5. The van der Waals surface area contributed by atoms with Crippen molar-refractivity contribution in [2.24, 2.45) is 0 Å². The molecule has 212 valence electrons. The van der Waals surface area contributed by atoms with Crippen LogP contribution in [0.1, 0.15) is 0 Å². The Bertz CT molecular complexity index is 2470. The molecule has 45 heavy (non-hydrogen) atoms. The number of hydrogen-bond acceptors (Lipinski definition) is 2. The number of benzene rings is 7. The second-order valence-electron chi connectivity index (χ2n) is 11.4. The van der Waals surface area contributed by atoms with Crippen LogP contribution in [0.3, 0.4) is 0 Å². The fourth-order valence-corrected chi connectivity index (χ4v) is 6.75. The molecule has 0 aliphatic carbocycles. The van der Waals surface area contributed by atoms with E-state index in [4.69, 9.17) is 4.42 Å². The van der Waals surface area contributed by atoms with Gasteiger partial charge in [0.05, 0.1) is 16.7 Å². The fraction of sp³-hybridized carbons (Fsp3) is 0. The van der Waals surface area contributed by atoms with Crippen molar-refractivity contribution in [3.05, 3.63) is 170 Å². The molecule has 0 amide bonds. The number of hydrogen-bond donors (Lipinski definition) is 0. The molecule has 0 N–H and O–H groups in total. The van der Waals surface area contributed by atoms with Gasteiger partial charge in [0.15, 0.2) is 0 Å². The molecule has 0 atom stereocenters. The van der Waals surface area contributed by atoms with Crippen molar-refractivity contribution in [2.75, 3.05) is 4.90 Å².